The molecule has 18 heavy (non-hydrogen) atoms. The van der Waals surface area contributed by atoms with E-state index in [0.29, 0.717) is 6.54 Å². The van der Waals surface area contributed by atoms with E-state index in [2.05, 4.69) is 10.3 Å². The Balaban J connectivity index is 1.77. The Morgan fingerprint density at radius 2 is 1.89 bits per heavy atom. The third kappa shape index (κ3) is 3.53. The maximum absolute atomic E-state index is 13.1. The van der Waals surface area contributed by atoms with Crippen LogP contribution in [0.3, 0.4) is 0 Å². The molecule has 0 aliphatic carbocycles. The topological polar surface area (TPSA) is 45.1 Å². The van der Waals surface area contributed by atoms with Crippen LogP contribution in [0, 0.1) is 5.82 Å². The van der Waals surface area contributed by atoms with E-state index in [9.17, 15) is 4.39 Å². The van der Waals surface area contributed by atoms with Crippen molar-refractivity contribution in [1.82, 2.24) is 10.3 Å². The number of aromatic nitrogens is 1. The van der Waals surface area contributed by atoms with Crippen LogP contribution in [-0.2, 0) is 13.0 Å². The highest BCUT2D eigenvalue weighted by Gasteiger charge is 2.01. The van der Waals surface area contributed by atoms with Crippen LogP contribution in [0.4, 0.5) is 4.39 Å². The quantitative estimate of drug-likeness (QED) is 0.795. The van der Waals surface area contributed by atoms with Gasteiger partial charge in [-0.05, 0) is 48.4 Å². The summed E-state index contributed by atoms with van der Waals surface area (Å²) < 4.78 is 13.1. The Labute approximate surface area is 105 Å². The molecule has 0 amide bonds. The molecule has 1 aromatic heterocycles. The van der Waals surface area contributed by atoms with Gasteiger partial charge in [-0.1, -0.05) is 6.07 Å². The van der Waals surface area contributed by atoms with Gasteiger partial charge in [0.05, 0.1) is 0 Å². The highest BCUT2D eigenvalue weighted by molar-refractivity contribution is 5.27. The van der Waals surface area contributed by atoms with E-state index in [1.807, 2.05) is 12.1 Å². The van der Waals surface area contributed by atoms with Crippen molar-refractivity contribution in [2.75, 3.05) is 6.54 Å². The van der Waals surface area contributed by atoms with Crippen LogP contribution in [0.1, 0.15) is 11.1 Å². The number of hydrogen-bond acceptors (Lipinski definition) is 3. The molecule has 0 aliphatic heterocycles. The molecule has 0 spiro atoms. The normalized spacial score (nSPS) is 10.5. The van der Waals surface area contributed by atoms with Gasteiger partial charge in [0.1, 0.15) is 0 Å². The molecule has 2 rings (SSSR count). The molecule has 3 nitrogen and oxygen atoms in total. The number of hydrogen-bond donors (Lipinski definition) is 2. The molecule has 0 atom stereocenters. The predicted molar refractivity (Wildman–Crippen MR) is 67.7 cm³/mol. The Kier molecular flexibility index (Phi) is 4.25. The molecule has 94 valence electrons. The first kappa shape index (κ1) is 12.5. The fraction of sp³-hybridized carbons (Fsp3) is 0.214. The standard InChI is InChI=1S/C14H15FN2O/c15-13-9-12(1-2-14(13)18)10-17-8-5-11-3-6-16-7-4-11/h1-4,6-7,9,17-18H,5,8,10H2. The number of benzene rings is 1. The Morgan fingerprint density at radius 1 is 1.11 bits per heavy atom. The maximum Gasteiger partial charge on any atom is 0.165 e. The summed E-state index contributed by atoms with van der Waals surface area (Å²) in [6, 6.07) is 8.37. The minimum atomic E-state index is -0.580. The van der Waals surface area contributed by atoms with Gasteiger partial charge in [0, 0.05) is 18.9 Å². The van der Waals surface area contributed by atoms with Gasteiger partial charge in [0.25, 0.3) is 0 Å². The Hall–Kier alpha value is -1.94. The second kappa shape index (κ2) is 6.12. The molecule has 0 radical (unpaired) electrons. The van der Waals surface area contributed by atoms with Gasteiger partial charge in [0.2, 0.25) is 0 Å². The zero-order valence-corrected chi connectivity index (χ0v) is 9.94. The van der Waals surface area contributed by atoms with Crippen molar-refractivity contribution in [3.8, 4) is 5.75 Å². The summed E-state index contributed by atoms with van der Waals surface area (Å²) in [6.07, 6.45) is 4.44. The lowest BCUT2D eigenvalue weighted by Gasteiger charge is -2.05. The van der Waals surface area contributed by atoms with E-state index in [1.54, 1.807) is 18.5 Å². The van der Waals surface area contributed by atoms with Gasteiger partial charge in [-0.2, -0.15) is 0 Å². The van der Waals surface area contributed by atoms with Crippen molar-refractivity contribution in [2.45, 2.75) is 13.0 Å². The Bertz CT molecular complexity index is 502. The summed E-state index contributed by atoms with van der Waals surface area (Å²) in [5.41, 5.74) is 2.04. The van der Waals surface area contributed by atoms with Gasteiger partial charge >= 0.3 is 0 Å². The van der Waals surface area contributed by atoms with Crippen LogP contribution < -0.4 is 5.32 Å². The average molecular weight is 246 g/mol. The van der Waals surface area contributed by atoms with Crippen molar-refractivity contribution in [1.29, 1.82) is 0 Å². The Morgan fingerprint density at radius 3 is 2.61 bits per heavy atom. The summed E-state index contributed by atoms with van der Waals surface area (Å²) in [5, 5.41) is 12.3. The molecule has 0 fully saturated rings. The maximum atomic E-state index is 13.1. The fourth-order valence-corrected chi connectivity index (χ4v) is 1.68. The summed E-state index contributed by atoms with van der Waals surface area (Å²) in [7, 11) is 0. The molecule has 0 saturated carbocycles. The van der Waals surface area contributed by atoms with E-state index >= 15 is 0 Å². The van der Waals surface area contributed by atoms with Gasteiger partial charge in [-0.3, -0.25) is 4.98 Å². The molecule has 0 aliphatic rings. The van der Waals surface area contributed by atoms with E-state index in [-0.39, 0.29) is 5.75 Å². The van der Waals surface area contributed by atoms with Crippen molar-refractivity contribution < 1.29 is 9.50 Å². The van der Waals surface area contributed by atoms with Gasteiger partial charge in [0.15, 0.2) is 11.6 Å². The predicted octanol–water partition coefficient (Wildman–Crippen LogP) is 2.26. The first-order valence-electron chi connectivity index (χ1n) is 5.83. The molecular weight excluding hydrogens is 231 g/mol. The van der Waals surface area contributed by atoms with Crippen molar-refractivity contribution in [3.05, 3.63) is 59.7 Å². The number of phenolic OH excluding ortho intramolecular Hbond substituents is 1. The minimum Gasteiger partial charge on any atom is -0.505 e. The zero-order valence-electron chi connectivity index (χ0n) is 9.94. The van der Waals surface area contributed by atoms with Crippen LogP contribution in [-0.4, -0.2) is 16.6 Å². The van der Waals surface area contributed by atoms with Crippen molar-refractivity contribution in [2.24, 2.45) is 0 Å². The summed E-state index contributed by atoms with van der Waals surface area (Å²) >= 11 is 0. The molecular formula is C14H15FN2O. The lowest BCUT2D eigenvalue weighted by molar-refractivity contribution is 0.431. The first-order valence-corrected chi connectivity index (χ1v) is 5.83. The molecule has 1 heterocycles. The summed E-state index contributed by atoms with van der Waals surface area (Å²) in [6.45, 7) is 1.40. The summed E-state index contributed by atoms with van der Waals surface area (Å²) in [5.74, 6) is -0.890. The van der Waals surface area contributed by atoms with E-state index in [4.69, 9.17) is 5.11 Å². The largest absolute Gasteiger partial charge is 0.505 e. The average Bonchev–Trinajstić information content (AvgIpc) is 2.40. The molecule has 0 unspecified atom stereocenters. The van der Waals surface area contributed by atoms with Gasteiger partial charge in [-0.15, -0.1) is 0 Å². The number of pyridine rings is 1. The lowest BCUT2D eigenvalue weighted by atomic mass is 10.2. The van der Waals surface area contributed by atoms with E-state index in [1.165, 1.54) is 17.7 Å². The van der Waals surface area contributed by atoms with Crippen LogP contribution in [0.5, 0.6) is 5.75 Å². The van der Waals surface area contributed by atoms with Crippen LogP contribution in [0.25, 0.3) is 0 Å². The highest BCUT2D eigenvalue weighted by Crippen LogP contribution is 2.15. The number of halogens is 1. The molecule has 2 aromatic rings. The number of nitrogens with one attached hydrogen (secondary N) is 1. The minimum absolute atomic E-state index is 0.310. The molecule has 2 N–H and O–H groups in total. The molecule has 1 aromatic carbocycles. The van der Waals surface area contributed by atoms with E-state index in [0.717, 1.165) is 18.5 Å². The highest BCUT2D eigenvalue weighted by atomic mass is 19.1. The fourth-order valence-electron chi connectivity index (χ4n) is 1.68. The van der Waals surface area contributed by atoms with E-state index < -0.39 is 5.82 Å². The summed E-state index contributed by atoms with van der Waals surface area (Å²) in [4.78, 5) is 3.95. The SMILES string of the molecule is Oc1ccc(CNCCc2ccncc2)cc1F. The van der Waals surface area contributed by atoms with Crippen LogP contribution >= 0.6 is 0 Å². The number of aromatic hydroxyl groups is 1. The van der Waals surface area contributed by atoms with Gasteiger partial charge < -0.3 is 10.4 Å². The smallest absolute Gasteiger partial charge is 0.165 e. The second-order valence-electron chi connectivity index (χ2n) is 4.07. The monoisotopic (exact) mass is 246 g/mol. The molecule has 0 saturated heterocycles. The number of nitrogens with zero attached hydrogens (tertiary/aromatic N) is 1. The zero-order chi connectivity index (χ0) is 12.8. The third-order valence-electron chi connectivity index (χ3n) is 2.68. The first-order chi connectivity index (χ1) is 8.75. The second-order valence-corrected chi connectivity index (χ2v) is 4.07. The number of phenols is 1. The molecule has 0 bridgehead atoms. The van der Waals surface area contributed by atoms with Gasteiger partial charge in [-0.25, -0.2) is 4.39 Å². The van der Waals surface area contributed by atoms with Crippen LogP contribution in [0.2, 0.25) is 0 Å². The number of rotatable bonds is 5. The third-order valence-corrected chi connectivity index (χ3v) is 2.68. The lowest BCUT2D eigenvalue weighted by Crippen LogP contribution is -2.16. The van der Waals surface area contributed by atoms with Crippen molar-refractivity contribution in [3.63, 3.8) is 0 Å². The van der Waals surface area contributed by atoms with Crippen LogP contribution in [0.15, 0.2) is 42.7 Å². The molecule has 4 heteroatoms. The van der Waals surface area contributed by atoms with Crippen molar-refractivity contribution >= 4 is 0 Å².